The summed E-state index contributed by atoms with van der Waals surface area (Å²) < 4.78 is 13.0. The molecular weight excluding hydrogens is 580 g/mol. The first kappa shape index (κ1) is 30.6. The Hall–Kier alpha value is -4.83. The lowest BCUT2D eigenvalue weighted by atomic mass is 9.90. The molecule has 3 aromatic carbocycles. The molecule has 0 fully saturated rings. The summed E-state index contributed by atoms with van der Waals surface area (Å²) in [6, 6.07) is 20.2. The van der Waals surface area contributed by atoms with Gasteiger partial charge in [0.05, 0.1) is 31.8 Å². The molecule has 6 rings (SSSR count). The first-order valence-electron chi connectivity index (χ1n) is 13.9. The van der Waals surface area contributed by atoms with Gasteiger partial charge in [0.2, 0.25) is 0 Å². The van der Waals surface area contributed by atoms with Crippen LogP contribution in [-0.4, -0.2) is 43.2 Å². The van der Waals surface area contributed by atoms with Gasteiger partial charge >= 0.3 is 0 Å². The lowest BCUT2D eigenvalue weighted by Crippen LogP contribution is -2.23. The highest BCUT2D eigenvalue weighted by atomic mass is 35.5. The Kier molecular flexibility index (Phi) is 8.91. The molecule has 0 saturated carbocycles. The summed E-state index contributed by atoms with van der Waals surface area (Å²) in [7, 11) is 1.57. The molecule has 44 heavy (non-hydrogen) atoms. The van der Waals surface area contributed by atoms with Gasteiger partial charge in [0.25, 0.3) is 5.56 Å². The number of pyridine rings is 2. The number of halogens is 1. The minimum atomic E-state index is -0.318. The van der Waals surface area contributed by atoms with E-state index in [-0.39, 0.29) is 37.3 Å². The standard InChI is InChI=1S/C34H30N4O5.ClH/c1-20(2)43-30-14-23-13-24(18-39)28(19-40)32(27(23)16-29(30)42-3)21-10-12-36-31(15-21)38-34(41)26-9-5-4-8-25(26)33(37-38)22-7-6-11-35-17-22;/h4-17,20,39-40H,18-19H2,1-3H3;1H. The van der Waals surface area contributed by atoms with Gasteiger partial charge in [-0.05, 0) is 95.4 Å². The molecule has 0 radical (unpaired) electrons. The van der Waals surface area contributed by atoms with E-state index in [9.17, 15) is 15.0 Å². The Morgan fingerprint density at radius 2 is 1.66 bits per heavy atom. The monoisotopic (exact) mass is 610 g/mol. The molecule has 0 bridgehead atoms. The Morgan fingerprint density at radius 3 is 2.34 bits per heavy atom. The zero-order valence-electron chi connectivity index (χ0n) is 24.4. The molecule has 0 aliphatic carbocycles. The summed E-state index contributed by atoms with van der Waals surface area (Å²) in [6.07, 6.45) is 4.91. The quantitative estimate of drug-likeness (QED) is 0.220. The fourth-order valence-electron chi connectivity index (χ4n) is 5.42. The third-order valence-corrected chi connectivity index (χ3v) is 7.31. The predicted molar refractivity (Wildman–Crippen MR) is 173 cm³/mol. The first-order valence-corrected chi connectivity index (χ1v) is 13.9. The van der Waals surface area contributed by atoms with Crippen molar-refractivity contribution in [2.24, 2.45) is 0 Å². The van der Waals surface area contributed by atoms with E-state index >= 15 is 0 Å². The Morgan fingerprint density at radius 1 is 0.864 bits per heavy atom. The second kappa shape index (κ2) is 12.8. The average Bonchev–Trinajstić information content (AvgIpc) is 3.04. The number of hydrogen-bond donors (Lipinski definition) is 2. The number of hydrogen-bond acceptors (Lipinski definition) is 8. The van der Waals surface area contributed by atoms with Crippen LogP contribution in [0.3, 0.4) is 0 Å². The molecule has 0 aliphatic heterocycles. The van der Waals surface area contributed by atoms with E-state index < -0.39 is 0 Å². The van der Waals surface area contributed by atoms with E-state index in [1.165, 1.54) is 4.68 Å². The van der Waals surface area contributed by atoms with Crippen molar-refractivity contribution in [2.75, 3.05) is 7.11 Å². The van der Waals surface area contributed by atoms with Crippen LogP contribution in [0.25, 0.3) is 49.7 Å². The van der Waals surface area contributed by atoms with Crippen LogP contribution < -0.4 is 15.0 Å². The van der Waals surface area contributed by atoms with Gasteiger partial charge in [-0.2, -0.15) is 9.78 Å². The lowest BCUT2D eigenvalue weighted by Gasteiger charge is -2.20. The summed E-state index contributed by atoms with van der Waals surface area (Å²) in [5, 5.41) is 28.3. The van der Waals surface area contributed by atoms with Crippen molar-refractivity contribution in [1.29, 1.82) is 0 Å². The third-order valence-electron chi connectivity index (χ3n) is 7.31. The van der Waals surface area contributed by atoms with Crippen LogP contribution in [0, 0.1) is 0 Å². The zero-order valence-corrected chi connectivity index (χ0v) is 25.2. The number of benzene rings is 3. The number of rotatable bonds is 8. The maximum Gasteiger partial charge on any atom is 0.280 e. The number of methoxy groups -OCH3 is 1. The van der Waals surface area contributed by atoms with E-state index in [1.807, 2.05) is 62.4 Å². The maximum atomic E-state index is 13.7. The highest BCUT2D eigenvalue weighted by Crippen LogP contribution is 2.41. The second-order valence-electron chi connectivity index (χ2n) is 10.4. The molecule has 6 aromatic rings. The number of aliphatic hydroxyl groups is 2. The Bertz CT molecular complexity index is 2030. The topological polar surface area (TPSA) is 120 Å². The molecule has 224 valence electrons. The van der Waals surface area contributed by atoms with Crippen molar-refractivity contribution >= 4 is 34.0 Å². The number of fused-ring (bicyclic) bond motifs is 2. The SMILES string of the molecule is COc1cc2c(-c3ccnc(-n4nc(-c5cccnc5)c5ccccc5c4=O)c3)c(CO)c(CO)cc2cc1OC(C)C.Cl. The van der Waals surface area contributed by atoms with Gasteiger partial charge in [-0.1, -0.05) is 18.2 Å². The fourth-order valence-corrected chi connectivity index (χ4v) is 5.42. The molecule has 2 N–H and O–H groups in total. The minimum Gasteiger partial charge on any atom is -0.493 e. The molecule has 10 heteroatoms. The summed E-state index contributed by atoms with van der Waals surface area (Å²) in [5.74, 6) is 1.41. The van der Waals surface area contributed by atoms with Crippen LogP contribution in [0.4, 0.5) is 0 Å². The predicted octanol–water partition coefficient (Wildman–Crippen LogP) is 5.87. The van der Waals surface area contributed by atoms with Gasteiger partial charge < -0.3 is 19.7 Å². The number of nitrogens with zero attached hydrogens (tertiary/aromatic N) is 4. The van der Waals surface area contributed by atoms with Crippen LogP contribution in [0.2, 0.25) is 0 Å². The van der Waals surface area contributed by atoms with Crippen LogP contribution in [0.5, 0.6) is 11.5 Å². The third kappa shape index (κ3) is 5.48. The van der Waals surface area contributed by atoms with Crippen molar-refractivity contribution in [3.8, 4) is 39.7 Å². The zero-order chi connectivity index (χ0) is 30.1. The Labute approximate surface area is 259 Å². The summed E-state index contributed by atoms with van der Waals surface area (Å²) in [6.45, 7) is 3.28. The molecule has 0 spiro atoms. The molecule has 3 aromatic heterocycles. The van der Waals surface area contributed by atoms with Crippen LogP contribution in [0.1, 0.15) is 25.0 Å². The molecule has 9 nitrogen and oxygen atoms in total. The van der Waals surface area contributed by atoms with Gasteiger partial charge in [-0.3, -0.25) is 9.78 Å². The van der Waals surface area contributed by atoms with Crippen molar-refractivity contribution in [3.63, 3.8) is 0 Å². The Balaban J connectivity index is 0.00000384. The van der Waals surface area contributed by atoms with E-state index in [1.54, 1.807) is 43.9 Å². The molecule has 0 saturated heterocycles. The number of aromatic nitrogens is 4. The molecule has 3 heterocycles. The van der Waals surface area contributed by atoms with Crippen molar-refractivity contribution in [3.05, 3.63) is 107 Å². The highest BCUT2D eigenvalue weighted by molar-refractivity contribution is 6.01. The van der Waals surface area contributed by atoms with Crippen LogP contribution in [-0.2, 0) is 13.2 Å². The normalized spacial score (nSPS) is 11.1. The fraction of sp³-hybridized carbons (Fsp3) is 0.176. The van der Waals surface area contributed by atoms with Crippen LogP contribution in [0.15, 0.2) is 90.1 Å². The molecule has 0 atom stereocenters. The van der Waals surface area contributed by atoms with Gasteiger partial charge in [0, 0.05) is 29.5 Å². The summed E-state index contributed by atoms with van der Waals surface area (Å²) in [4.78, 5) is 22.5. The molecule has 0 amide bonds. The van der Waals surface area contributed by atoms with E-state index in [2.05, 4.69) is 9.97 Å². The maximum absolute atomic E-state index is 13.7. The number of aliphatic hydroxyl groups excluding tert-OH is 2. The number of ether oxygens (including phenoxy) is 2. The first-order chi connectivity index (χ1) is 20.9. The van der Waals surface area contributed by atoms with Gasteiger partial charge in [-0.25, -0.2) is 4.98 Å². The largest absolute Gasteiger partial charge is 0.493 e. The second-order valence-corrected chi connectivity index (χ2v) is 10.4. The van der Waals surface area contributed by atoms with Gasteiger partial charge in [-0.15, -0.1) is 12.4 Å². The van der Waals surface area contributed by atoms with Crippen molar-refractivity contribution in [1.82, 2.24) is 19.7 Å². The molecular formula is C34H31ClN4O5. The molecule has 0 unspecified atom stereocenters. The highest BCUT2D eigenvalue weighted by Gasteiger charge is 2.20. The summed E-state index contributed by atoms with van der Waals surface area (Å²) in [5.41, 5.74) is 3.54. The van der Waals surface area contributed by atoms with Crippen molar-refractivity contribution < 1.29 is 19.7 Å². The van der Waals surface area contributed by atoms with E-state index in [0.717, 1.165) is 16.3 Å². The van der Waals surface area contributed by atoms with Gasteiger partial charge in [0.15, 0.2) is 17.3 Å². The van der Waals surface area contributed by atoms with Crippen LogP contribution >= 0.6 is 12.4 Å². The summed E-state index contributed by atoms with van der Waals surface area (Å²) >= 11 is 0. The smallest absolute Gasteiger partial charge is 0.280 e. The van der Waals surface area contributed by atoms with Crippen molar-refractivity contribution in [2.45, 2.75) is 33.2 Å². The van der Waals surface area contributed by atoms with E-state index in [0.29, 0.717) is 56.0 Å². The minimum absolute atomic E-state index is 0. The lowest BCUT2D eigenvalue weighted by molar-refractivity contribution is 0.230. The average molecular weight is 611 g/mol. The molecule has 0 aliphatic rings. The van der Waals surface area contributed by atoms with Gasteiger partial charge in [0.1, 0.15) is 5.69 Å². The van der Waals surface area contributed by atoms with E-state index in [4.69, 9.17) is 14.6 Å².